The molecule has 3 aromatic carbocycles. The van der Waals surface area contributed by atoms with Crippen molar-refractivity contribution in [1.82, 2.24) is 9.62 Å². The number of rotatable bonds is 9. The Labute approximate surface area is 199 Å². The van der Waals surface area contributed by atoms with E-state index in [1.54, 1.807) is 23.9 Å². The Kier molecular flexibility index (Phi) is 8.29. The molecule has 0 unspecified atom stereocenters. The number of hydrogen-bond acceptors (Lipinski definition) is 4. The first kappa shape index (κ1) is 25.0. The summed E-state index contributed by atoms with van der Waals surface area (Å²) in [6, 6.07) is 19.6. The molecule has 3 rings (SSSR count). The van der Waals surface area contributed by atoms with Gasteiger partial charge in [-0.25, -0.2) is 12.8 Å². The third-order valence-electron chi connectivity index (χ3n) is 5.24. The molecule has 0 radical (unpaired) electrons. The molecule has 0 fully saturated rings. The summed E-state index contributed by atoms with van der Waals surface area (Å²) in [5, 5.41) is 2.88. The zero-order valence-corrected chi connectivity index (χ0v) is 20.4. The minimum atomic E-state index is -3.95. The number of amides is 1. The summed E-state index contributed by atoms with van der Waals surface area (Å²) in [4.78, 5) is 14.1. The fourth-order valence-corrected chi connectivity index (χ4v) is 5.09. The van der Waals surface area contributed by atoms with Gasteiger partial charge in [-0.05, 0) is 67.6 Å². The molecular weight excluding hydrogens is 459 g/mol. The lowest BCUT2D eigenvalue weighted by atomic mass is 10.1. The van der Waals surface area contributed by atoms with Crippen molar-refractivity contribution in [2.45, 2.75) is 36.2 Å². The lowest BCUT2D eigenvalue weighted by Crippen LogP contribution is -2.41. The molecule has 0 aliphatic rings. The van der Waals surface area contributed by atoms with Gasteiger partial charge in [-0.2, -0.15) is 4.31 Å². The Morgan fingerprint density at radius 2 is 1.61 bits per heavy atom. The average Bonchev–Trinajstić information content (AvgIpc) is 2.80. The van der Waals surface area contributed by atoms with Crippen molar-refractivity contribution in [1.29, 1.82) is 0 Å². The fraction of sp³-hybridized carbons (Fsp3) is 0.240. The van der Waals surface area contributed by atoms with Gasteiger partial charge < -0.3 is 5.32 Å². The maximum absolute atomic E-state index is 13.3. The normalized spacial score (nSPS) is 12.5. The summed E-state index contributed by atoms with van der Waals surface area (Å²) in [5.41, 5.74) is 2.44. The second-order valence-corrected chi connectivity index (χ2v) is 10.6. The molecule has 1 amide bonds. The lowest BCUT2D eigenvalue weighted by Gasteiger charge is -2.23. The van der Waals surface area contributed by atoms with E-state index in [0.29, 0.717) is 5.56 Å². The summed E-state index contributed by atoms with van der Waals surface area (Å²) in [6.45, 7) is 3.31. The van der Waals surface area contributed by atoms with Gasteiger partial charge in [0.05, 0.1) is 17.5 Å². The molecule has 0 bridgehead atoms. The number of nitrogens with one attached hydrogen (secondary N) is 1. The molecular formula is C25H27FN2O3S2. The first-order chi connectivity index (χ1) is 15.7. The Morgan fingerprint density at radius 3 is 2.18 bits per heavy atom. The number of nitrogens with zero attached hydrogens (tertiary/aromatic N) is 1. The van der Waals surface area contributed by atoms with E-state index in [0.717, 1.165) is 20.3 Å². The van der Waals surface area contributed by atoms with Gasteiger partial charge in [0.2, 0.25) is 15.9 Å². The molecule has 1 N–H and O–H groups in total. The summed E-state index contributed by atoms with van der Waals surface area (Å²) < 4.78 is 41.1. The van der Waals surface area contributed by atoms with Crippen LogP contribution in [0.1, 0.15) is 29.7 Å². The van der Waals surface area contributed by atoms with Crippen LogP contribution < -0.4 is 5.32 Å². The minimum absolute atomic E-state index is 0.0549. The van der Waals surface area contributed by atoms with Crippen LogP contribution in [0.2, 0.25) is 0 Å². The second-order valence-electron chi connectivity index (χ2n) is 7.77. The van der Waals surface area contributed by atoms with E-state index in [9.17, 15) is 17.6 Å². The Bertz CT molecular complexity index is 1180. The number of halogens is 1. The second kappa shape index (κ2) is 11.0. The third-order valence-corrected chi connectivity index (χ3v) is 7.79. The van der Waals surface area contributed by atoms with E-state index < -0.39 is 21.7 Å². The first-order valence-corrected chi connectivity index (χ1v) is 13.1. The number of carbonyl (C=O) groups excluding carboxylic acids is 1. The predicted octanol–water partition coefficient (Wildman–Crippen LogP) is 4.92. The molecule has 1 atom stereocenters. The molecule has 33 heavy (non-hydrogen) atoms. The van der Waals surface area contributed by atoms with Crippen molar-refractivity contribution in [2.75, 3.05) is 12.8 Å². The van der Waals surface area contributed by atoms with Crippen LogP contribution in [0.3, 0.4) is 0 Å². The van der Waals surface area contributed by atoms with E-state index >= 15 is 0 Å². The molecule has 0 aliphatic heterocycles. The summed E-state index contributed by atoms with van der Waals surface area (Å²) >= 11 is 1.63. The van der Waals surface area contributed by atoms with Crippen LogP contribution in [0.25, 0.3) is 0 Å². The Morgan fingerprint density at radius 1 is 1.00 bits per heavy atom. The maximum Gasteiger partial charge on any atom is 0.243 e. The number of sulfonamides is 1. The van der Waals surface area contributed by atoms with Crippen molar-refractivity contribution in [3.05, 3.63) is 95.3 Å². The molecule has 0 aromatic heterocycles. The van der Waals surface area contributed by atoms with Crippen molar-refractivity contribution in [2.24, 2.45) is 0 Å². The maximum atomic E-state index is 13.3. The van der Waals surface area contributed by atoms with Gasteiger partial charge >= 0.3 is 0 Å². The minimum Gasteiger partial charge on any atom is -0.348 e. The van der Waals surface area contributed by atoms with Crippen LogP contribution in [-0.2, 0) is 21.4 Å². The molecule has 3 aromatic rings. The van der Waals surface area contributed by atoms with Crippen LogP contribution in [-0.4, -0.2) is 31.4 Å². The standard InChI is InChI=1S/C25H27FN2O3S2/c1-18-4-14-24(15-5-18)33(30,31)28(16-20-6-10-22(26)11-7-20)17-25(29)27-19(2)21-8-12-23(32-3)13-9-21/h4-15,19H,16-17H2,1-3H3,(H,27,29)/t19-/m1/s1. The van der Waals surface area contributed by atoms with Gasteiger partial charge in [-0.15, -0.1) is 11.8 Å². The van der Waals surface area contributed by atoms with E-state index in [4.69, 9.17) is 0 Å². The van der Waals surface area contributed by atoms with Crippen LogP contribution in [0, 0.1) is 12.7 Å². The number of thioether (sulfide) groups is 1. The molecule has 0 heterocycles. The fourth-order valence-electron chi connectivity index (χ4n) is 3.30. The highest BCUT2D eigenvalue weighted by atomic mass is 32.2. The van der Waals surface area contributed by atoms with Crippen LogP contribution >= 0.6 is 11.8 Å². The lowest BCUT2D eigenvalue weighted by molar-refractivity contribution is -0.122. The van der Waals surface area contributed by atoms with Crippen LogP contribution in [0.4, 0.5) is 4.39 Å². The van der Waals surface area contributed by atoms with Gasteiger partial charge in [0.25, 0.3) is 0 Å². The van der Waals surface area contributed by atoms with Crippen molar-refractivity contribution in [3.63, 3.8) is 0 Å². The highest BCUT2D eigenvalue weighted by Crippen LogP contribution is 2.21. The number of hydrogen-bond donors (Lipinski definition) is 1. The van der Waals surface area contributed by atoms with Crippen molar-refractivity contribution >= 4 is 27.7 Å². The summed E-state index contributed by atoms with van der Waals surface area (Å²) in [6.07, 6.45) is 1.99. The molecule has 5 nitrogen and oxygen atoms in total. The highest BCUT2D eigenvalue weighted by molar-refractivity contribution is 7.98. The van der Waals surface area contributed by atoms with Crippen LogP contribution in [0.15, 0.2) is 82.6 Å². The van der Waals surface area contributed by atoms with E-state index in [1.807, 2.05) is 44.4 Å². The number of aryl methyl sites for hydroxylation is 1. The van der Waals surface area contributed by atoms with Gasteiger partial charge in [-0.1, -0.05) is 42.0 Å². The van der Waals surface area contributed by atoms with Crippen molar-refractivity contribution in [3.8, 4) is 0 Å². The molecule has 0 saturated heterocycles. The van der Waals surface area contributed by atoms with Crippen molar-refractivity contribution < 1.29 is 17.6 Å². The van der Waals surface area contributed by atoms with Gasteiger partial charge in [-0.3, -0.25) is 4.79 Å². The topological polar surface area (TPSA) is 66.5 Å². The van der Waals surface area contributed by atoms with Gasteiger partial charge in [0, 0.05) is 11.4 Å². The molecule has 0 saturated carbocycles. The average molecular weight is 487 g/mol. The predicted molar refractivity (Wildman–Crippen MR) is 130 cm³/mol. The van der Waals surface area contributed by atoms with Gasteiger partial charge in [0.1, 0.15) is 5.82 Å². The smallest absolute Gasteiger partial charge is 0.243 e. The van der Waals surface area contributed by atoms with E-state index in [2.05, 4.69) is 5.32 Å². The zero-order valence-electron chi connectivity index (χ0n) is 18.8. The Hall–Kier alpha value is -2.68. The number of carbonyl (C=O) groups is 1. The third kappa shape index (κ3) is 6.66. The molecule has 0 spiro atoms. The Balaban J connectivity index is 1.81. The quantitative estimate of drug-likeness (QED) is 0.436. The van der Waals surface area contributed by atoms with E-state index in [1.165, 1.54) is 36.4 Å². The summed E-state index contributed by atoms with van der Waals surface area (Å²) in [5.74, 6) is -0.833. The van der Waals surface area contributed by atoms with Gasteiger partial charge in [0.15, 0.2) is 0 Å². The molecule has 8 heteroatoms. The number of benzene rings is 3. The molecule has 174 valence electrons. The zero-order chi connectivity index (χ0) is 24.0. The summed E-state index contributed by atoms with van der Waals surface area (Å²) in [7, 11) is -3.95. The highest BCUT2D eigenvalue weighted by Gasteiger charge is 2.27. The molecule has 0 aliphatic carbocycles. The van der Waals surface area contributed by atoms with E-state index in [-0.39, 0.29) is 24.0 Å². The van der Waals surface area contributed by atoms with Crippen LogP contribution in [0.5, 0.6) is 0 Å². The SMILES string of the molecule is CSc1ccc([C@@H](C)NC(=O)CN(Cc2ccc(F)cc2)S(=O)(=O)c2ccc(C)cc2)cc1. The largest absolute Gasteiger partial charge is 0.348 e. The first-order valence-electron chi connectivity index (χ1n) is 10.4. The monoisotopic (exact) mass is 486 g/mol.